The molecule has 0 unspecified atom stereocenters. The van der Waals surface area contributed by atoms with E-state index in [1.807, 2.05) is 37.3 Å². The summed E-state index contributed by atoms with van der Waals surface area (Å²) >= 11 is 2.89. The number of fused-ring (bicyclic) bond motifs is 4. The van der Waals surface area contributed by atoms with Crippen molar-refractivity contribution in [2.24, 2.45) is 0 Å². The summed E-state index contributed by atoms with van der Waals surface area (Å²) in [6, 6.07) is 14.5. The van der Waals surface area contributed by atoms with Gasteiger partial charge in [-0.15, -0.1) is 16.4 Å². The molecule has 3 aromatic heterocycles. The zero-order valence-electron chi connectivity index (χ0n) is 18.9. The third kappa shape index (κ3) is 3.82. The van der Waals surface area contributed by atoms with Crippen LogP contribution in [0.3, 0.4) is 0 Å². The molecule has 1 aliphatic rings. The van der Waals surface area contributed by atoms with Crippen molar-refractivity contribution in [3.63, 3.8) is 0 Å². The third-order valence-electron chi connectivity index (χ3n) is 6.06. The number of hydrogen-bond donors (Lipinski definition) is 0. The van der Waals surface area contributed by atoms with Crippen molar-refractivity contribution in [3.8, 4) is 11.4 Å². The normalized spacial score (nSPS) is 12.9. The lowest BCUT2D eigenvalue weighted by Gasteiger charge is -2.13. The summed E-state index contributed by atoms with van der Waals surface area (Å²) in [4.78, 5) is 33.6. The fourth-order valence-electron chi connectivity index (χ4n) is 4.43. The average molecular weight is 504 g/mol. The molecule has 3 heterocycles. The number of benzene rings is 2. The Balaban J connectivity index is 1.46. The first-order valence-corrected chi connectivity index (χ1v) is 13.2. The molecule has 8 nitrogen and oxygen atoms in total. The van der Waals surface area contributed by atoms with Crippen LogP contribution in [0, 0.1) is 0 Å². The van der Waals surface area contributed by atoms with E-state index < -0.39 is 0 Å². The second-order valence-electron chi connectivity index (χ2n) is 8.18. The van der Waals surface area contributed by atoms with Crippen LogP contribution < -0.4 is 15.9 Å². The van der Waals surface area contributed by atoms with Crippen molar-refractivity contribution < 1.29 is 4.74 Å². The van der Waals surface area contributed by atoms with E-state index in [0.717, 1.165) is 35.4 Å². The number of aryl methyl sites for hydroxylation is 2. The van der Waals surface area contributed by atoms with E-state index in [1.165, 1.54) is 21.3 Å². The van der Waals surface area contributed by atoms with E-state index in [0.29, 0.717) is 33.7 Å². The van der Waals surface area contributed by atoms with Gasteiger partial charge in [0.2, 0.25) is 0 Å². The molecule has 10 heteroatoms. The molecule has 0 amide bonds. The summed E-state index contributed by atoms with van der Waals surface area (Å²) in [5.74, 6) is 0.915. The zero-order chi connectivity index (χ0) is 23.9. The van der Waals surface area contributed by atoms with Crippen LogP contribution in [0.1, 0.15) is 23.8 Å². The Kier molecular flexibility index (Phi) is 5.62. The van der Waals surface area contributed by atoms with E-state index in [9.17, 15) is 9.59 Å². The molecule has 176 valence electrons. The Hall–Kier alpha value is -3.50. The smallest absolute Gasteiger partial charge is 0.278 e. The van der Waals surface area contributed by atoms with Crippen LogP contribution in [0.25, 0.3) is 26.8 Å². The van der Waals surface area contributed by atoms with Crippen molar-refractivity contribution in [1.82, 2.24) is 24.5 Å². The van der Waals surface area contributed by atoms with Crippen LogP contribution in [0.4, 0.5) is 0 Å². The summed E-state index contributed by atoms with van der Waals surface area (Å²) < 4.78 is 8.51. The molecule has 0 saturated heterocycles. The number of thiophene rings is 1. The summed E-state index contributed by atoms with van der Waals surface area (Å²) in [7, 11) is 0. The molecule has 0 fully saturated rings. The van der Waals surface area contributed by atoms with Gasteiger partial charge in [0.25, 0.3) is 11.1 Å². The lowest BCUT2D eigenvalue weighted by molar-refractivity contribution is 0.340. The molecule has 35 heavy (non-hydrogen) atoms. The molecule has 2 aromatic carbocycles. The van der Waals surface area contributed by atoms with Gasteiger partial charge in [0.1, 0.15) is 16.1 Å². The third-order valence-corrected chi connectivity index (χ3v) is 8.15. The van der Waals surface area contributed by atoms with Gasteiger partial charge in [0, 0.05) is 4.88 Å². The summed E-state index contributed by atoms with van der Waals surface area (Å²) in [6.45, 7) is 2.50. The molecule has 0 N–H and O–H groups in total. The Morgan fingerprint density at radius 2 is 1.89 bits per heavy atom. The summed E-state index contributed by atoms with van der Waals surface area (Å²) in [5.41, 5.74) is 2.07. The van der Waals surface area contributed by atoms with Crippen molar-refractivity contribution in [3.05, 3.63) is 79.7 Å². The van der Waals surface area contributed by atoms with Crippen LogP contribution in [0.5, 0.6) is 5.75 Å². The van der Waals surface area contributed by atoms with Crippen LogP contribution >= 0.6 is 23.1 Å². The molecule has 0 spiro atoms. The van der Waals surface area contributed by atoms with E-state index in [1.54, 1.807) is 34.1 Å². The van der Waals surface area contributed by atoms with Crippen molar-refractivity contribution in [2.75, 3.05) is 6.61 Å². The highest BCUT2D eigenvalue weighted by Crippen LogP contribution is 2.36. The first-order valence-electron chi connectivity index (χ1n) is 11.4. The lowest BCUT2D eigenvalue weighted by Crippen LogP contribution is -2.25. The second kappa shape index (κ2) is 8.94. The van der Waals surface area contributed by atoms with Crippen molar-refractivity contribution in [1.29, 1.82) is 0 Å². The lowest BCUT2D eigenvalue weighted by atomic mass is 10.2. The van der Waals surface area contributed by atoms with Gasteiger partial charge in [-0.2, -0.15) is 4.68 Å². The number of thioether (sulfide) groups is 1. The van der Waals surface area contributed by atoms with Gasteiger partial charge in [-0.1, -0.05) is 29.1 Å². The minimum absolute atomic E-state index is 0.0852. The van der Waals surface area contributed by atoms with E-state index in [-0.39, 0.29) is 17.0 Å². The Morgan fingerprint density at radius 3 is 2.71 bits per heavy atom. The molecule has 0 radical (unpaired) electrons. The van der Waals surface area contributed by atoms with Crippen molar-refractivity contribution in [2.45, 2.75) is 37.2 Å². The Morgan fingerprint density at radius 1 is 1.06 bits per heavy atom. The Labute approximate surface area is 208 Å². The number of hydrogen-bond acceptors (Lipinski definition) is 8. The van der Waals surface area contributed by atoms with Gasteiger partial charge in [0.05, 0.1) is 28.9 Å². The first-order chi connectivity index (χ1) is 17.1. The second-order valence-corrected chi connectivity index (χ2v) is 10.2. The van der Waals surface area contributed by atoms with Gasteiger partial charge in [-0.05, 0) is 68.1 Å². The monoisotopic (exact) mass is 503 g/mol. The maximum atomic E-state index is 13.8. The van der Waals surface area contributed by atoms with E-state index in [4.69, 9.17) is 9.72 Å². The number of nitrogens with zero attached hydrogens (tertiary/aromatic N) is 5. The first kappa shape index (κ1) is 22.0. The Bertz CT molecular complexity index is 1690. The largest absolute Gasteiger partial charge is 0.494 e. The topological polar surface area (TPSA) is 91.9 Å². The fourth-order valence-corrected chi connectivity index (χ4v) is 6.62. The minimum Gasteiger partial charge on any atom is -0.494 e. The van der Waals surface area contributed by atoms with Gasteiger partial charge < -0.3 is 4.74 Å². The highest BCUT2D eigenvalue weighted by atomic mass is 32.2. The highest BCUT2D eigenvalue weighted by molar-refractivity contribution is 7.98. The molecule has 0 bridgehead atoms. The van der Waals surface area contributed by atoms with Gasteiger partial charge in [-0.3, -0.25) is 14.2 Å². The molecular formula is C25H21N5O3S2. The minimum atomic E-state index is -0.228. The van der Waals surface area contributed by atoms with E-state index >= 15 is 0 Å². The molecular weight excluding hydrogens is 482 g/mol. The predicted octanol–water partition coefficient (Wildman–Crippen LogP) is 4.19. The molecule has 1 aliphatic carbocycles. The molecule has 0 aliphatic heterocycles. The van der Waals surface area contributed by atoms with Crippen molar-refractivity contribution >= 4 is 44.2 Å². The number of ether oxygens (including phenoxy) is 1. The summed E-state index contributed by atoms with van der Waals surface area (Å²) in [5, 5.41) is 9.97. The average Bonchev–Trinajstić information content (AvgIpc) is 3.46. The van der Waals surface area contributed by atoms with Crippen LogP contribution in [0.2, 0.25) is 0 Å². The van der Waals surface area contributed by atoms with Crippen LogP contribution in [0.15, 0.2) is 63.3 Å². The predicted molar refractivity (Wildman–Crippen MR) is 138 cm³/mol. The van der Waals surface area contributed by atoms with Gasteiger partial charge in [0.15, 0.2) is 5.16 Å². The SMILES string of the molecule is CCOc1ccc(-n2c(SCn3nnc4ccccc4c3=O)nc3sc4c(c3c2=O)CCC4)cc1. The van der Waals surface area contributed by atoms with Gasteiger partial charge >= 0.3 is 0 Å². The maximum absolute atomic E-state index is 13.8. The standard InChI is InChI=1S/C25H21N5O3S2/c1-2-33-16-12-10-15(11-13-16)30-24(32)21-18-7-5-9-20(18)35-22(21)26-25(30)34-14-29-23(31)17-6-3-4-8-19(17)27-28-29/h3-4,6,8,10-13H,2,5,7,9,14H2,1H3. The summed E-state index contributed by atoms with van der Waals surface area (Å²) in [6.07, 6.45) is 2.97. The molecule has 0 saturated carbocycles. The van der Waals surface area contributed by atoms with E-state index in [2.05, 4.69) is 10.3 Å². The van der Waals surface area contributed by atoms with Crippen LogP contribution in [-0.4, -0.2) is 31.2 Å². The van der Waals surface area contributed by atoms with Crippen LogP contribution in [-0.2, 0) is 18.7 Å². The number of aromatic nitrogens is 5. The fraction of sp³-hybridized carbons (Fsp3) is 0.240. The highest BCUT2D eigenvalue weighted by Gasteiger charge is 2.24. The molecule has 0 atom stereocenters. The molecule has 6 rings (SSSR count). The number of rotatable bonds is 6. The zero-order valence-corrected chi connectivity index (χ0v) is 20.6. The van der Waals surface area contributed by atoms with Gasteiger partial charge in [-0.25, -0.2) is 4.98 Å². The quantitative estimate of drug-likeness (QED) is 0.253. The molecule has 5 aromatic rings. The maximum Gasteiger partial charge on any atom is 0.278 e.